The molecule has 0 saturated heterocycles. The number of rotatable bonds is 5. The van der Waals surface area contributed by atoms with Gasteiger partial charge in [0.1, 0.15) is 5.82 Å². The first-order chi connectivity index (χ1) is 9.44. The Morgan fingerprint density at radius 2 is 1.65 bits per heavy atom. The molecule has 0 radical (unpaired) electrons. The van der Waals surface area contributed by atoms with E-state index in [1.807, 2.05) is 4.68 Å². The lowest BCUT2D eigenvalue weighted by atomic mass is 10.2. The van der Waals surface area contributed by atoms with E-state index in [-0.39, 0.29) is 0 Å². The molecule has 1 heterocycles. The third-order valence-corrected chi connectivity index (χ3v) is 5.64. The van der Waals surface area contributed by atoms with Crippen molar-refractivity contribution in [3.05, 3.63) is 41.5 Å². The van der Waals surface area contributed by atoms with Crippen LogP contribution in [0.2, 0.25) is 19.6 Å². The van der Waals surface area contributed by atoms with E-state index in [9.17, 15) is 0 Å². The van der Waals surface area contributed by atoms with Crippen molar-refractivity contribution in [3.8, 4) is 0 Å². The van der Waals surface area contributed by atoms with Gasteiger partial charge in [-0.3, -0.25) is 0 Å². The van der Waals surface area contributed by atoms with Gasteiger partial charge in [-0.25, -0.2) is 9.67 Å². The van der Waals surface area contributed by atoms with Crippen molar-refractivity contribution < 1.29 is 0 Å². The molecule has 0 aliphatic rings. The molecule has 2 rings (SSSR count). The van der Waals surface area contributed by atoms with Gasteiger partial charge in [0.05, 0.1) is 14.6 Å². The van der Waals surface area contributed by atoms with Crippen LogP contribution in [-0.4, -0.2) is 22.8 Å². The summed E-state index contributed by atoms with van der Waals surface area (Å²) in [7, 11) is -1.20. The molecule has 1 aromatic heterocycles. The molecule has 0 aliphatic heterocycles. The number of nitrogens with zero attached hydrogens (tertiary/aromatic N) is 3. The molecular weight excluding hydrogens is 262 g/mol. The predicted octanol–water partition coefficient (Wildman–Crippen LogP) is 3.00. The average Bonchev–Trinajstić information content (AvgIpc) is 2.80. The van der Waals surface area contributed by atoms with E-state index in [0.717, 1.165) is 31.0 Å². The molecular formula is C16H25N3Si. The van der Waals surface area contributed by atoms with Crippen LogP contribution in [-0.2, 0) is 19.4 Å². The van der Waals surface area contributed by atoms with Crippen LogP contribution in [0, 0.1) is 0 Å². The Balaban J connectivity index is 2.20. The highest BCUT2D eigenvalue weighted by molar-refractivity contribution is 6.88. The summed E-state index contributed by atoms with van der Waals surface area (Å²) in [6.45, 7) is 12.2. The van der Waals surface area contributed by atoms with Crippen LogP contribution in [0.15, 0.2) is 24.3 Å². The zero-order valence-electron chi connectivity index (χ0n) is 13.3. The summed E-state index contributed by atoms with van der Waals surface area (Å²) >= 11 is 0. The molecule has 0 amide bonds. The van der Waals surface area contributed by atoms with Gasteiger partial charge in [0.25, 0.3) is 0 Å². The molecule has 0 bridgehead atoms. The molecule has 2 aromatic rings. The minimum absolute atomic E-state index is 0.822. The maximum absolute atomic E-state index is 4.58. The highest BCUT2D eigenvalue weighted by Crippen LogP contribution is 2.08. The van der Waals surface area contributed by atoms with Gasteiger partial charge in [-0.05, 0) is 5.56 Å². The lowest BCUT2D eigenvalue weighted by Crippen LogP contribution is -2.37. The van der Waals surface area contributed by atoms with E-state index in [1.165, 1.54) is 10.8 Å². The topological polar surface area (TPSA) is 30.7 Å². The van der Waals surface area contributed by atoms with Gasteiger partial charge >= 0.3 is 0 Å². The standard InChI is InChI=1S/C16H25N3Si/c1-6-15-17-16(7-2)19(18-15)12-13-8-10-14(11-9-13)20(3,4)5/h8-11H,6-7,12H2,1-5H3. The monoisotopic (exact) mass is 287 g/mol. The molecule has 0 aliphatic carbocycles. The molecule has 0 fully saturated rings. The first-order valence-electron chi connectivity index (χ1n) is 7.46. The molecule has 4 heteroatoms. The Hall–Kier alpha value is -1.42. The van der Waals surface area contributed by atoms with Crippen molar-refractivity contribution in [1.82, 2.24) is 14.8 Å². The third kappa shape index (κ3) is 3.36. The SMILES string of the molecule is CCc1nc(CC)n(Cc2ccc([Si](C)(C)C)cc2)n1. The quantitative estimate of drug-likeness (QED) is 0.792. The second-order valence-corrected chi connectivity index (χ2v) is 11.3. The molecule has 0 N–H and O–H groups in total. The van der Waals surface area contributed by atoms with E-state index in [0.29, 0.717) is 0 Å². The van der Waals surface area contributed by atoms with E-state index < -0.39 is 8.07 Å². The molecule has 0 saturated carbocycles. The molecule has 108 valence electrons. The van der Waals surface area contributed by atoms with Crippen LogP contribution >= 0.6 is 0 Å². The molecule has 0 unspecified atom stereocenters. The van der Waals surface area contributed by atoms with Crippen LogP contribution in [0.1, 0.15) is 31.1 Å². The summed E-state index contributed by atoms with van der Waals surface area (Å²) in [5.74, 6) is 2.02. The third-order valence-electron chi connectivity index (χ3n) is 3.58. The number of benzene rings is 1. The Morgan fingerprint density at radius 3 is 2.15 bits per heavy atom. The maximum Gasteiger partial charge on any atom is 0.150 e. The fourth-order valence-corrected chi connectivity index (χ4v) is 3.41. The van der Waals surface area contributed by atoms with Crippen LogP contribution in [0.3, 0.4) is 0 Å². The van der Waals surface area contributed by atoms with Crippen molar-refractivity contribution in [1.29, 1.82) is 0 Å². The smallest absolute Gasteiger partial charge is 0.150 e. The van der Waals surface area contributed by atoms with Crippen molar-refractivity contribution in [2.24, 2.45) is 0 Å². The van der Waals surface area contributed by atoms with Crippen molar-refractivity contribution in [2.45, 2.75) is 52.9 Å². The van der Waals surface area contributed by atoms with E-state index in [1.54, 1.807) is 0 Å². The highest BCUT2D eigenvalue weighted by Gasteiger charge is 2.15. The van der Waals surface area contributed by atoms with E-state index >= 15 is 0 Å². The summed E-state index contributed by atoms with van der Waals surface area (Å²) in [4.78, 5) is 4.56. The Morgan fingerprint density at radius 1 is 1.00 bits per heavy atom. The number of hydrogen-bond donors (Lipinski definition) is 0. The average molecular weight is 287 g/mol. The Bertz CT molecular complexity index is 564. The zero-order chi connectivity index (χ0) is 14.8. The predicted molar refractivity (Wildman–Crippen MR) is 87.3 cm³/mol. The summed E-state index contributed by atoms with van der Waals surface area (Å²) in [5, 5.41) is 6.08. The van der Waals surface area contributed by atoms with Crippen LogP contribution in [0.25, 0.3) is 0 Å². The van der Waals surface area contributed by atoms with Gasteiger partial charge in [0.2, 0.25) is 0 Å². The second-order valence-electron chi connectivity index (χ2n) is 6.26. The highest BCUT2D eigenvalue weighted by atomic mass is 28.3. The van der Waals surface area contributed by atoms with Gasteiger partial charge in [-0.2, -0.15) is 5.10 Å². The van der Waals surface area contributed by atoms with Gasteiger partial charge in [-0.15, -0.1) is 0 Å². The van der Waals surface area contributed by atoms with Crippen molar-refractivity contribution >= 4 is 13.3 Å². The largest absolute Gasteiger partial charge is 0.245 e. The Kier molecular flexibility index (Phi) is 4.43. The zero-order valence-corrected chi connectivity index (χ0v) is 14.3. The van der Waals surface area contributed by atoms with Crippen LogP contribution < -0.4 is 5.19 Å². The minimum Gasteiger partial charge on any atom is -0.245 e. The van der Waals surface area contributed by atoms with Crippen LogP contribution in [0.5, 0.6) is 0 Å². The molecule has 0 atom stereocenters. The summed E-state index contributed by atoms with van der Waals surface area (Å²) < 4.78 is 2.04. The maximum atomic E-state index is 4.58. The van der Waals surface area contributed by atoms with Gasteiger partial charge < -0.3 is 0 Å². The van der Waals surface area contributed by atoms with E-state index in [2.05, 4.69) is 67.8 Å². The molecule has 0 spiro atoms. The molecule has 3 nitrogen and oxygen atoms in total. The number of aromatic nitrogens is 3. The summed E-state index contributed by atoms with van der Waals surface area (Å²) in [5.41, 5.74) is 1.30. The van der Waals surface area contributed by atoms with Gasteiger partial charge in [0.15, 0.2) is 5.82 Å². The van der Waals surface area contributed by atoms with Crippen molar-refractivity contribution in [3.63, 3.8) is 0 Å². The fraction of sp³-hybridized carbons (Fsp3) is 0.500. The van der Waals surface area contributed by atoms with Gasteiger partial charge in [-0.1, -0.05) is 62.9 Å². The lowest BCUT2D eigenvalue weighted by molar-refractivity contribution is 0.637. The first-order valence-corrected chi connectivity index (χ1v) is 11.0. The number of hydrogen-bond acceptors (Lipinski definition) is 2. The molecule has 1 aromatic carbocycles. The summed E-state index contributed by atoms with van der Waals surface area (Å²) in [6.07, 6.45) is 1.83. The van der Waals surface area contributed by atoms with Crippen molar-refractivity contribution in [2.75, 3.05) is 0 Å². The lowest BCUT2D eigenvalue weighted by Gasteiger charge is -2.16. The second kappa shape index (κ2) is 5.91. The van der Waals surface area contributed by atoms with Crippen LogP contribution in [0.4, 0.5) is 0 Å². The van der Waals surface area contributed by atoms with Gasteiger partial charge in [0, 0.05) is 12.8 Å². The number of aryl methyl sites for hydroxylation is 2. The normalized spacial score (nSPS) is 11.8. The Labute approximate surface area is 123 Å². The molecule has 20 heavy (non-hydrogen) atoms. The van der Waals surface area contributed by atoms with E-state index in [4.69, 9.17) is 0 Å². The minimum atomic E-state index is -1.20. The first kappa shape index (κ1) is 15.0. The fourth-order valence-electron chi connectivity index (χ4n) is 2.25. The summed E-state index contributed by atoms with van der Waals surface area (Å²) in [6, 6.07) is 9.04.